The number of aromatic nitrogens is 2. The summed E-state index contributed by atoms with van der Waals surface area (Å²) in [5.74, 6) is 0.0451. The highest BCUT2D eigenvalue weighted by molar-refractivity contribution is 5.93. The molecule has 0 bridgehead atoms. The molecule has 2 aliphatic carbocycles. The SMILES string of the molecule is C=C1CCC[C@]2(C)C[C@@H]3OC(=O)C(Cc4cn(C)c(=O)n(C)c4=O)=C3C[C@@H]12. The molecule has 144 valence electrons. The third kappa shape index (κ3) is 2.73. The number of rotatable bonds is 2. The molecule has 0 unspecified atom stereocenters. The Hall–Kier alpha value is -2.37. The lowest BCUT2D eigenvalue weighted by Gasteiger charge is -2.48. The largest absolute Gasteiger partial charge is 0.454 e. The van der Waals surface area contributed by atoms with E-state index in [9.17, 15) is 14.4 Å². The number of hydrogen-bond acceptors (Lipinski definition) is 4. The van der Waals surface area contributed by atoms with Gasteiger partial charge in [0.2, 0.25) is 0 Å². The van der Waals surface area contributed by atoms with E-state index in [1.807, 2.05) is 0 Å². The fraction of sp³-hybridized carbons (Fsp3) is 0.571. The van der Waals surface area contributed by atoms with Gasteiger partial charge in [-0.25, -0.2) is 9.59 Å². The van der Waals surface area contributed by atoms with Crippen LogP contribution in [0.15, 0.2) is 39.1 Å². The standard InChI is InChI=1S/C21H26N2O4/c1-12-6-5-7-21(2)10-17-14(9-16(12)21)15(19(25)27-17)8-13-11-22(3)20(26)23(4)18(13)24/h11,16-17H,1,5-10H2,2-4H3/t16-,17-,21+/m0/s1. The summed E-state index contributed by atoms with van der Waals surface area (Å²) < 4.78 is 8.16. The molecule has 1 aliphatic heterocycles. The number of ether oxygens (including phenoxy) is 1. The molecule has 0 N–H and O–H groups in total. The summed E-state index contributed by atoms with van der Waals surface area (Å²) in [6.07, 6.45) is 6.49. The lowest BCUT2D eigenvalue weighted by Crippen LogP contribution is -2.41. The van der Waals surface area contributed by atoms with E-state index >= 15 is 0 Å². The van der Waals surface area contributed by atoms with E-state index in [1.54, 1.807) is 7.05 Å². The zero-order chi connectivity index (χ0) is 19.5. The third-order valence-corrected chi connectivity index (χ3v) is 6.81. The van der Waals surface area contributed by atoms with E-state index in [0.717, 1.165) is 42.2 Å². The number of esters is 1. The molecule has 3 atom stereocenters. The van der Waals surface area contributed by atoms with E-state index in [1.165, 1.54) is 23.4 Å². The second-order valence-corrected chi connectivity index (χ2v) is 8.61. The van der Waals surface area contributed by atoms with E-state index in [4.69, 9.17) is 4.74 Å². The van der Waals surface area contributed by atoms with Crippen LogP contribution in [0.4, 0.5) is 0 Å². The Morgan fingerprint density at radius 1 is 1.30 bits per heavy atom. The number of hydrogen-bond donors (Lipinski definition) is 0. The second-order valence-electron chi connectivity index (χ2n) is 8.61. The van der Waals surface area contributed by atoms with Crippen molar-refractivity contribution in [1.29, 1.82) is 0 Å². The first-order valence-corrected chi connectivity index (χ1v) is 9.57. The van der Waals surface area contributed by atoms with Gasteiger partial charge in [-0.3, -0.25) is 9.36 Å². The first-order valence-electron chi connectivity index (χ1n) is 9.57. The van der Waals surface area contributed by atoms with Crippen molar-refractivity contribution >= 4 is 5.97 Å². The Morgan fingerprint density at radius 3 is 2.78 bits per heavy atom. The summed E-state index contributed by atoms with van der Waals surface area (Å²) in [6, 6.07) is 0. The molecular formula is C21H26N2O4. The molecule has 3 aliphatic rings. The highest BCUT2D eigenvalue weighted by Gasteiger charge is 2.49. The van der Waals surface area contributed by atoms with Crippen molar-refractivity contribution in [1.82, 2.24) is 9.13 Å². The minimum absolute atomic E-state index is 0.131. The van der Waals surface area contributed by atoms with Gasteiger partial charge < -0.3 is 9.30 Å². The first kappa shape index (κ1) is 18.0. The molecule has 0 spiro atoms. The van der Waals surface area contributed by atoms with Crippen molar-refractivity contribution in [3.8, 4) is 0 Å². The highest BCUT2D eigenvalue weighted by atomic mass is 16.5. The lowest BCUT2D eigenvalue weighted by molar-refractivity contribution is -0.142. The maximum Gasteiger partial charge on any atom is 0.335 e. The second kappa shape index (κ2) is 6.08. The Kier molecular flexibility index (Phi) is 4.05. The predicted octanol–water partition coefficient (Wildman–Crippen LogP) is 2.00. The number of nitrogens with zero attached hydrogens (tertiary/aromatic N) is 2. The molecule has 6 heteroatoms. The molecule has 0 radical (unpaired) electrons. The summed E-state index contributed by atoms with van der Waals surface area (Å²) >= 11 is 0. The molecule has 1 aromatic heterocycles. The molecule has 2 heterocycles. The molecule has 0 amide bonds. The van der Waals surface area contributed by atoms with Crippen LogP contribution in [0, 0.1) is 11.3 Å². The molecular weight excluding hydrogens is 344 g/mol. The summed E-state index contributed by atoms with van der Waals surface area (Å²) in [5.41, 5.74) is 2.73. The van der Waals surface area contributed by atoms with E-state index in [0.29, 0.717) is 17.1 Å². The van der Waals surface area contributed by atoms with Gasteiger partial charge in [-0.2, -0.15) is 0 Å². The van der Waals surface area contributed by atoms with Gasteiger partial charge in [-0.05, 0) is 49.0 Å². The molecule has 0 aromatic carbocycles. The number of carbonyl (C=O) groups excluding carboxylic acids is 1. The van der Waals surface area contributed by atoms with Crippen molar-refractivity contribution in [2.45, 2.75) is 51.6 Å². The normalized spacial score (nSPS) is 30.2. The van der Waals surface area contributed by atoms with Crippen LogP contribution < -0.4 is 11.2 Å². The van der Waals surface area contributed by atoms with Gasteiger partial charge in [0.15, 0.2) is 0 Å². The van der Waals surface area contributed by atoms with Crippen LogP contribution in [0.25, 0.3) is 0 Å². The van der Waals surface area contributed by atoms with E-state index in [2.05, 4.69) is 13.5 Å². The fourth-order valence-corrected chi connectivity index (χ4v) is 5.24. The van der Waals surface area contributed by atoms with Gasteiger partial charge in [0, 0.05) is 37.8 Å². The van der Waals surface area contributed by atoms with E-state index < -0.39 is 0 Å². The zero-order valence-electron chi connectivity index (χ0n) is 16.2. The number of fused-ring (bicyclic) bond motifs is 2. The smallest absolute Gasteiger partial charge is 0.335 e. The van der Waals surface area contributed by atoms with Crippen LogP contribution in [0.3, 0.4) is 0 Å². The van der Waals surface area contributed by atoms with Gasteiger partial charge in [-0.1, -0.05) is 19.1 Å². The fourth-order valence-electron chi connectivity index (χ4n) is 5.24. The van der Waals surface area contributed by atoms with Crippen LogP contribution in [0.1, 0.15) is 44.6 Å². The van der Waals surface area contributed by atoms with Crippen molar-refractivity contribution in [3.63, 3.8) is 0 Å². The Morgan fingerprint density at radius 2 is 2.04 bits per heavy atom. The third-order valence-electron chi connectivity index (χ3n) is 6.81. The van der Waals surface area contributed by atoms with Crippen LogP contribution >= 0.6 is 0 Å². The van der Waals surface area contributed by atoms with Crippen molar-refractivity contribution < 1.29 is 9.53 Å². The summed E-state index contributed by atoms with van der Waals surface area (Å²) in [4.78, 5) is 37.0. The monoisotopic (exact) mass is 370 g/mol. The van der Waals surface area contributed by atoms with Crippen LogP contribution in [0.5, 0.6) is 0 Å². The molecule has 6 nitrogen and oxygen atoms in total. The minimum Gasteiger partial charge on any atom is -0.454 e. The quantitative estimate of drug-likeness (QED) is 0.590. The van der Waals surface area contributed by atoms with Gasteiger partial charge >= 0.3 is 11.7 Å². The zero-order valence-corrected chi connectivity index (χ0v) is 16.2. The van der Waals surface area contributed by atoms with Gasteiger partial charge in [0.05, 0.1) is 0 Å². The van der Waals surface area contributed by atoms with Crippen LogP contribution in [0.2, 0.25) is 0 Å². The predicted molar refractivity (Wildman–Crippen MR) is 101 cm³/mol. The Balaban J connectivity index is 1.73. The average molecular weight is 370 g/mol. The maximum atomic E-state index is 12.6. The Bertz CT molecular complexity index is 996. The van der Waals surface area contributed by atoms with Crippen molar-refractivity contribution in [2.24, 2.45) is 25.4 Å². The summed E-state index contributed by atoms with van der Waals surface area (Å²) in [5, 5.41) is 0. The lowest BCUT2D eigenvalue weighted by atomic mass is 9.57. The summed E-state index contributed by atoms with van der Waals surface area (Å²) in [6.45, 7) is 6.58. The van der Waals surface area contributed by atoms with Gasteiger partial charge in [0.1, 0.15) is 6.10 Å². The van der Waals surface area contributed by atoms with Crippen molar-refractivity contribution in [3.05, 3.63) is 55.9 Å². The highest BCUT2D eigenvalue weighted by Crippen LogP contribution is 2.55. The molecule has 0 saturated heterocycles. The average Bonchev–Trinajstić information content (AvgIpc) is 2.90. The van der Waals surface area contributed by atoms with Gasteiger partial charge in [-0.15, -0.1) is 0 Å². The number of allylic oxidation sites excluding steroid dienone is 1. The number of aryl methyl sites for hydroxylation is 1. The molecule has 2 saturated carbocycles. The van der Waals surface area contributed by atoms with Crippen LogP contribution in [-0.2, 0) is 30.0 Å². The summed E-state index contributed by atoms with van der Waals surface area (Å²) in [7, 11) is 3.07. The molecule has 2 fully saturated rings. The Labute approximate surface area is 158 Å². The topological polar surface area (TPSA) is 70.3 Å². The molecule has 1 aromatic rings. The van der Waals surface area contributed by atoms with Crippen LogP contribution in [-0.4, -0.2) is 21.2 Å². The molecule has 27 heavy (non-hydrogen) atoms. The molecule has 4 rings (SSSR count). The number of carbonyl (C=O) groups is 1. The van der Waals surface area contributed by atoms with E-state index in [-0.39, 0.29) is 35.2 Å². The first-order chi connectivity index (χ1) is 12.7. The maximum absolute atomic E-state index is 12.6. The van der Waals surface area contributed by atoms with Crippen molar-refractivity contribution in [2.75, 3.05) is 0 Å². The van der Waals surface area contributed by atoms with Gasteiger partial charge in [0.25, 0.3) is 5.56 Å². The minimum atomic E-state index is -0.375.